The number of thioether (sulfide) groups is 1. The number of hydrogen-bond acceptors (Lipinski definition) is 4. The highest BCUT2D eigenvalue weighted by atomic mass is 32.2. The van der Waals surface area contributed by atoms with E-state index in [9.17, 15) is 0 Å². The van der Waals surface area contributed by atoms with Crippen LogP contribution in [0.3, 0.4) is 0 Å². The molecule has 3 rings (SSSR count). The lowest BCUT2D eigenvalue weighted by atomic mass is 10.2. The second-order valence-corrected chi connectivity index (χ2v) is 6.98. The summed E-state index contributed by atoms with van der Waals surface area (Å²) in [4.78, 5) is 4.79. The molecule has 2 heterocycles. The zero-order chi connectivity index (χ0) is 15.5. The number of unbranched alkanes of at least 4 members (excludes halogenated alkanes) is 1. The number of para-hydroxylation sites is 1. The first kappa shape index (κ1) is 15.3. The van der Waals surface area contributed by atoms with Gasteiger partial charge in [0.15, 0.2) is 5.65 Å². The molecule has 0 radical (unpaired) electrons. The molecule has 0 aliphatic rings. The van der Waals surface area contributed by atoms with Crippen molar-refractivity contribution in [2.45, 2.75) is 45.3 Å². The molecule has 0 N–H and O–H groups in total. The van der Waals surface area contributed by atoms with Crippen LogP contribution in [0, 0.1) is 5.92 Å². The van der Waals surface area contributed by atoms with E-state index >= 15 is 0 Å². The Kier molecular flexibility index (Phi) is 4.62. The molecule has 0 fully saturated rings. The zero-order valence-electron chi connectivity index (χ0n) is 13.4. The summed E-state index contributed by atoms with van der Waals surface area (Å²) in [7, 11) is 0. The van der Waals surface area contributed by atoms with Gasteiger partial charge in [-0.3, -0.25) is 0 Å². The fourth-order valence-corrected chi connectivity index (χ4v) is 3.27. The maximum Gasteiger partial charge on any atom is 0.211 e. The number of benzene rings is 1. The Morgan fingerprint density at radius 1 is 1.18 bits per heavy atom. The van der Waals surface area contributed by atoms with E-state index < -0.39 is 0 Å². The minimum absolute atomic E-state index is 0.621. The lowest BCUT2D eigenvalue weighted by Crippen LogP contribution is -2.01. The average molecular weight is 314 g/mol. The van der Waals surface area contributed by atoms with E-state index in [2.05, 4.69) is 59.8 Å². The van der Waals surface area contributed by atoms with Crippen LogP contribution in [0.25, 0.3) is 22.1 Å². The molecule has 0 saturated carbocycles. The second kappa shape index (κ2) is 6.65. The summed E-state index contributed by atoms with van der Waals surface area (Å²) < 4.78 is 2.29. The van der Waals surface area contributed by atoms with Crippen molar-refractivity contribution in [3.63, 3.8) is 0 Å². The molecule has 3 aromatic rings. The zero-order valence-corrected chi connectivity index (χ0v) is 14.2. The molecule has 0 bridgehead atoms. The molecule has 4 nitrogen and oxygen atoms in total. The highest BCUT2D eigenvalue weighted by Crippen LogP contribution is 2.27. The van der Waals surface area contributed by atoms with Gasteiger partial charge in [-0.1, -0.05) is 57.2 Å². The lowest BCUT2D eigenvalue weighted by molar-refractivity contribution is 0.656. The number of nitrogens with zero attached hydrogens (tertiary/aromatic N) is 4. The van der Waals surface area contributed by atoms with Crippen LogP contribution in [0.5, 0.6) is 0 Å². The van der Waals surface area contributed by atoms with E-state index in [1.54, 1.807) is 11.8 Å². The maximum atomic E-state index is 4.79. The van der Waals surface area contributed by atoms with Crippen LogP contribution in [-0.2, 0) is 6.54 Å². The van der Waals surface area contributed by atoms with Crippen LogP contribution < -0.4 is 0 Å². The number of aromatic nitrogens is 4. The molecule has 0 amide bonds. The summed E-state index contributed by atoms with van der Waals surface area (Å²) in [6.45, 7) is 7.60. The third-order valence-electron chi connectivity index (χ3n) is 3.64. The Hall–Kier alpha value is -1.62. The van der Waals surface area contributed by atoms with Crippen LogP contribution in [0.15, 0.2) is 29.4 Å². The Bertz CT molecular complexity index is 779. The van der Waals surface area contributed by atoms with Gasteiger partial charge < -0.3 is 4.57 Å². The normalized spacial score (nSPS) is 11.8. The van der Waals surface area contributed by atoms with Gasteiger partial charge in [0, 0.05) is 17.7 Å². The van der Waals surface area contributed by atoms with E-state index in [4.69, 9.17) is 4.98 Å². The van der Waals surface area contributed by atoms with Gasteiger partial charge in [0.05, 0.1) is 5.52 Å². The van der Waals surface area contributed by atoms with Crippen molar-refractivity contribution in [2.24, 2.45) is 5.92 Å². The Morgan fingerprint density at radius 2 is 2.00 bits per heavy atom. The van der Waals surface area contributed by atoms with Crippen molar-refractivity contribution < 1.29 is 0 Å². The fourth-order valence-electron chi connectivity index (χ4n) is 2.53. The summed E-state index contributed by atoms with van der Waals surface area (Å²) in [6, 6.07) is 8.38. The van der Waals surface area contributed by atoms with Gasteiger partial charge in [0.25, 0.3) is 0 Å². The maximum absolute atomic E-state index is 4.79. The molecule has 0 saturated heterocycles. The first-order chi connectivity index (χ1) is 10.7. The minimum atomic E-state index is 0.621. The van der Waals surface area contributed by atoms with Crippen molar-refractivity contribution in [1.82, 2.24) is 19.7 Å². The second-order valence-electron chi connectivity index (χ2n) is 5.99. The van der Waals surface area contributed by atoms with Crippen molar-refractivity contribution in [3.05, 3.63) is 24.3 Å². The summed E-state index contributed by atoms with van der Waals surface area (Å²) >= 11 is 1.69. The van der Waals surface area contributed by atoms with Gasteiger partial charge in [-0.15, -0.1) is 10.2 Å². The standard InChI is InChI=1S/C17H22N4S/c1-4-5-10-21-14-9-7-6-8-13(14)15-16(21)18-17(20-19-15)22-11-12(2)3/h6-9,12H,4-5,10-11H2,1-3H3. The van der Waals surface area contributed by atoms with E-state index in [1.165, 1.54) is 11.9 Å². The molecule has 0 unspecified atom stereocenters. The molecular weight excluding hydrogens is 292 g/mol. The summed E-state index contributed by atoms with van der Waals surface area (Å²) in [5, 5.41) is 10.7. The molecular formula is C17H22N4S. The smallest absolute Gasteiger partial charge is 0.211 e. The van der Waals surface area contributed by atoms with Crippen molar-refractivity contribution >= 4 is 33.8 Å². The predicted molar refractivity (Wildman–Crippen MR) is 93.3 cm³/mol. The van der Waals surface area contributed by atoms with Gasteiger partial charge in [0.1, 0.15) is 5.52 Å². The third kappa shape index (κ3) is 2.95. The number of hydrogen-bond donors (Lipinski definition) is 0. The molecule has 2 aromatic heterocycles. The first-order valence-corrected chi connectivity index (χ1v) is 8.93. The predicted octanol–water partition coefficient (Wildman–Crippen LogP) is 4.53. The average Bonchev–Trinajstić information content (AvgIpc) is 2.84. The van der Waals surface area contributed by atoms with E-state index in [1.807, 2.05) is 0 Å². The molecule has 0 aliphatic carbocycles. The van der Waals surface area contributed by atoms with Gasteiger partial charge in [-0.25, -0.2) is 4.98 Å². The Balaban J connectivity index is 2.10. The minimum Gasteiger partial charge on any atom is -0.324 e. The molecule has 116 valence electrons. The molecule has 1 aromatic carbocycles. The van der Waals surface area contributed by atoms with Crippen LogP contribution in [0.4, 0.5) is 0 Å². The summed E-state index contributed by atoms with van der Waals surface area (Å²) in [5.74, 6) is 1.64. The van der Waals surface area contributed by atoms with E-state index in [0.29, 0.717) is 5.92 Å². The van der Waals surface area contributed by atoms with E-state index in [-0.39, 0.29) is 0 Å². The number of aryl methyl sites for hydroxylation is 1. The van der Waals surface area contributed by atoms with Crippen LogP contribution in [0.2, 0.25) is 0 Å². The first-order valence-electron chi connectivity index (χ1n) is 7.95. The van der Waals surface area contributed by atoms with Crippen molar-refractivity contribution in [1.29, 1.82) is 0 Å². The molecule has 0 atom stereocenters. The summed E-state index contributed by atoms with van der Waals surface area (Å²) in [5.41, 5.74) is 3.09. The highest BCUT2D eigenvalue weighted by molar-refractivity contribution is 7.99. The quantitative estimate of drug-likeness (QED) is 0.627. The topological polar surface area (TPSA) is 43.6 Å². The number of fused-ring (bicyclic) bond motifs is 3. The van der Waals surface area contributed by atoms with Crippen molar-refractivity contribution in [3.8, 4) is 0 Å². The fraction of sp³-hybridized carbons (Fsp3) is 0.471. The van der Waals surface area contributed by atoms with Gasteiger partial charge in [-0.05, 0) is 18.4 Å². The molecule has 0 spiro atoms. The van der Waals surface area contributed by atoms with Crippen molar-refractivity contribution in [2.75, 3.05) is 5.75 Å². The van der Waals surface area contributed by atoms with Gasteiger partial charge in [0.2, 0.25) is 5.16 Å². The van der Waals surface area contributed by atoms with Crippen LogP contribution in [-0.4, -0.2) is 25.5 Å². The van der Waals surface area contributed by atoms with Crippen LogP contribution in [0.1, 0.15) is 33.6 Å². The molecule has 22 heavy (non-hydrogen) atoms. The third-order valence-corrected chi connectivity index (χ3v) is 4.90. The monoisotopic (exact) mass is 314 g/mol. The lowest BCUT2D eigenvalue weighted by Gasteiger charge is -2.06. The Morgan fingerprint density at radius 3 is 2.77 bits per heavy atom. The highest BCUT2D eigenvalue weighted by Gasteiger charge is 2.14. The van der Waals surface area contributed by atoms with Gasteiger partial charge in [-0.2, -0.15) is 0 Å². The molecule has 0 aliphatic heterocycles. The van der Waals surface area contributed by atoms with E-state index in [0.717, 1.165) is 40.4 Å². The summed E-state index contributed by atoms with van der Waals surface area (Å²) in [6.07, 6.45) is 2.31. The SMILES string of the molecule is CCCCn1c2ccccc2c2nnc(SCC(C)C)nc21. The number of rotatable bonds is 6. The van der Waals surface area contributed by atoms with Gasteiger partial charge >= 0.3 is 0 Å². The van der Waals surface area contributed by atoms with Crippen LogP contribution >= 0.6 is 11.8 Å². The molecule has 5 heteroatoms. The Labute approximate surface area is 135 Å². The largest absolute Gasteiger partial charge is 0.324 e.